The number of Topliss-reactive ketones (excluding diaryl/α,β-unsaturated/α-hetero) is 1. The molecule has 11 heteroatoms. The summed E-state index contributed by atoms with van der Waals surface area (Å²) >= 11 is 12.3. The van der Waals surface area contributed by atoms with E-state index in [-0.39, 0.29) is 47.5 Å². The first-order valence-corrected chi connectivity index (χ1v) is 13.0. The standard InChI is InChI=1S/C29H25Cl2F3N2O4/c1-16(37)17-3-5-18(6-4-17)28(39)36-13-22(19-9-10-24(30)25(31)12-19)26(14-36)35-27(38)20-7-8-21(15-40-2)23(11-20)29(32,33)34/h3-12,22,26H,13-15H2,1-2H3,(H,35,38)/t22-,26+/m0/s1. The van der Waals surface area contributed by atoms with E-state index in [4.69, 9.17) is 27.9 Å². The molecule has 2 amide bonds. The number of hydrogen-bond acceptors (Lipinski definition) is 4. The summed E-state index contributed by atoms with van der Waals surface area (Å²) < 4.78 is 45.9. The van der Waals surface area contributed by atoms with Gasteiger partial charge in [-0.1, -0.05) is 47.5 Å². The van der Waals surface area contributed by atoms with E-state index in [1.165, 1.54) is 26.2 Å². The first-order chi connectivity index (χ1) is 18.9. The maximum absolute atomic E-state index is 13.7. The van der Waals surface area contributed by atoms with Gasteiger partial charge >= 0.3 is 6.18 Å². The first-order valence-electron chi connectivity index (χ1n) is 12.2. The van der Waals surface area contributed by atoms with Crippen LogP contribution in [0.2, 0.25) is 10.0 Å². The van der Waals surface area contributed by atoms with E-state index >= 15 is 0 Å². The third-order valence-electron chi connectivity index (χ3n) is 6.81. The van der Waals surface area contributed by atoms with Crippen molar-refractivity contribution >= 4 is 40.8 Å². The normalized spacial score (nSPS) is 17.1. The van der Waals surface area contributed by atoms with Crippen LogP contribution in [0.3, 0.4) is 0 Å². The highest BCUT2D eigenvalue weighted by Crippen LogP contribution is 2.35. The van der Waals surface area contributed by atoms with Crippen molar-refractivity contribution in [2.45, 2.75) is 31.7 Å². The zero-order chi connectivity index (χ0) is 29.2. The van der Waals surface area contributed by atoms with Crippen LogP contribution in [0.1, 0.15) is 60.6 Å². The van der Waals surface area contributed by atoms with Gasteiger partial charge in [-0.25, -0.2) is 0 Å². The third kappa shape index (κ3) is 6.49. The lowest BCUT2D eigenvalue weighted by atomic mass is 9.94. The first kappa shape index (κ1) is 29.6. The van der Waals surface area contributed by atoms with Gasteiger partial charge in [-0.3, -0.25) is 14.4 Å². The molecule has 0 aliphatic carbocycles. The quantitative estimate of drug-likeness (QED) is 0.322. The molecule has 3 aromatic rings. The fraction of sp³-hybridized carbons (Fsp3) is 0.276. The number of carbonyl (C=O) groups is 3. The van der Waals surface area contributed by atoms with Crippen molar-refractivity contribution in [3.63, 3.8) is 0 Å². The van der Waals surface area contributed by atoms with Gasteiger partial charge in [-0.2, -0.15) is 13.2 Å². The molecule has 1 aliphatic heterocycles. The van der Waals surface area contributed by atoms with Gasteiger partial charge in [0.25, 0.3) is 11.8 Å². The molecule has 0 bridgehead atoms. The van der Waals surface area contributed by atoms with Crippen LogP contribution in [0.15, 0.2) is 60.7 Å². The lowest BCUT2D eigenvalue weighted by molar-refractivity contribution is -0.138. The molecular formula is C29H25Cl2F3N2O4. The highest BCUT2D eigenvalue weighted by Gasteiger charge is 2.39. The molecule has 6 nitrogen and oxygen atoms in total. The van der Waals surface area contributed by atoms with E-state index in [1.54, 1.807) is 47.4 Å². The monoisotopic (exact) mass is 592 g/mol. The number of benzene rings is 3. The minimum atomic E-state index is -4.68. The van der Waals surface area contributed by atoms with Crippen molar-refractivity contribution in [2.75, 3.05) is 20.2 Å². The smallest absolute Gasteiger partial charge is 0.380 e. The summed E-state index contributed by atoms with van der Waals surface area (Å²) in [6.07, 6.45) is -4.68. The fourth-order valence-corrected chi connectivity index (χ4v) is 5.05. The van der Waals surface area contributed by atoms with E-state index in [0.29, 0.717) is 21.7 Å². The highest BCUT2D eigenvalue weighted by atomic mass is 35.5. The second-order valence-electron chi connectivity index (χ2n) is 9.51. The van der Waals surface area contributed by atoms with Crippen LogP contribution in [-0.4, -0.2) is 48.7 Å². The predicted octanol–water partition coefficient (Wildman–Crippen LogP) is 6.40. The summed E-state index contributed by atoms with van der Waals surface area (Å²) in [7, 11) is 1.29. The molecule has 1 N–H and O–H groups in total. The number of alkyl halides is 3. The summed E-state index contributed by atoms with van der Waals surface area (Å²) in [5, 5.41) is 3.44. The largest absolute Gasteiger partial charge is 0.416 e. The minimum absolute atomic E-state index is 0.0892. The number of halogens is 5. The maximum atomic E-state index is 13.7. The Morgan fingerprint density at radius 1 is 0.925 bits per heavy atom. The molecule has 3 aromatic carbocycles. The lowest BCUT2D eigenvalue weighted by Crippen LogP contribution is -2.40. The van der Waals surface area contributed by atoms with Crippen LogP contribution in [0.5, 0.6) is 0 Å². The number of amides is 2. The maximum Gasteiger partial charge on any atom is 0.416 e. The number of nitrogens with zero attached hydrogens (tertiary/aromatic N) is 1. The van der Waals surface area contributed by atoms with Crippen LogP contribution >= 0.6 is 23.2 Å². The molecule has 4 rings (SSSR count). The zero-order valence-electron chi connectivity index (χ0n) is 21.5. The summed E-state index contributed by atoms with van der Waals surface area (Å²) in [6.45, 7) is 1.47. The van der Waals surface area contributed by atoms with Crippen LogP contribution in [0.4, 0.5) is 13.2 Å². The number of ether oxygens (including phenoxy) is 1. The number of hydrogen-bond donors (Lipinski definition) is 1. The Morgan fingerprint density at radius 2 is 1.57 bits per heavy atom. The average molecular weight is 593 g/mol. The molecule has 1 fully saturated rings. The summed E-state index contributed by atoms with van der Waals surface area (Å²) in [5.74, 6) is -1.59. The number of likely N-dealkylation sites (tertiary alicyclic amines) is 1. The van der Waals surface area contributed by atoms with E-state index in [9.17, 15) is 27.6 Å². The van der Waals surface area contributed by atoms with Gasteiger partial charge in [0, 0.05) is 42.8 Å². The molecule has 1 aliphatic rings. The lowest BCUT2D eigenvalue weighted by Gasteiger charge is -2.21. The van der Waals surface area contributed by atoms with Gasteiger partial charge in [0.15, 0.2) is 5.78 Å². The van der Waals surface area contributed by atoms with Gasteiger partial charge in [-0.05, 0) is 54.4 Å². The number of carbonyl (C=O) groups excluding carboxylic acids is 3. The van der Waals surface area contributed by atoms with E-state index in [1.807, 2.05) is 0 Å². The summed E-state index contributed by atoms with van der Waals surface area (Å²) in [4.78, 5) is 39.7. The Hall–Kier alpha value is -3.40. The predicted molar refractivity (Wildman–Crippen MR) is 145 cm³/mol. The number of rotatable bonds is 7. The Bertz CT molecular complexity index is 1440. The Morgan fingerprint density at radius 3 is 2.17 bits per heavy atom. The third-order valence-corrected chi connectivity index (χ3v) is 7.55. The van der Waals surface area contributed by atoms with Crippen molar-refractivity contribution < 1.29 is 32.3 Å². The van der Waals surface area contributed by atoms with Gasteiger partial charge in [0.2, 0.25) is 0 Å². The summed E-state index contributed by atoms with van der Waals surface area (Å²) in [6, 6.07) is 13.9. The molecule has 0 aromatic heterocycles. The molecule has 40 heavy (non-hydrogen) atoms. The Kier molecular flexibility index (Phi) is 8.87. The van der Waals surface area contributed by atoms with Gasteiger partial charge in [-0.15, -0.1) is 0 Å². The van der Waals surface area contributed by atoms with Crippen molar-refractivity contribution in [1.82, 2.24) is 10.2 Å². The van der Waals surface area contributed by atoms with Gasteiger partial charge in [0.05, 0.1) is 28.3 Å². The molecule has 0 unspecified atom stereocenters. The highest BCUT2D eigenvalue weighted by molar-refractivity contribution is 6.42. The van der Waals surface area contributed by atoms with Crippen molar-refractivity contribution in [3.05, 3.63) is 104 Å². The van der Waals surface area contributed by atoms with Gasteiger partial charge < -0.3 is 15.0 Å². The summed E-state index contributed by atoms with van der Waals surface area (Å²) in [5.41, 5.74) is 0.298. The second-order valence-corrected chi connectivity index (χ2v) is 10.3. The Labute approximate surface area is 239 Å². The average Bonchev–Trinajstić information content (AvgIpc) is 3.33. The van der Waals surface area contributed by atoms with E-state index < -0.39 is 29.6 Å². The zero-order valence-corrected chi connectivity index (χ0v) is 23.0. The van der Waals surface area contributed by atoms with E-state index in [0.717, 1.165) is 6.07 Å². The molecule has 2 atom stereocenters. The van der Waals surface area contributed by atoms with Gasteiger partial charge in [0.1, 0.15) is 0 Å². The minimum Gasteiger partial charge on any atom is -0.380 e. The molecule has 1 saturated heterocycles. The number of nitrogens with one attached hydrogen (secondary N) is 1. The molecule has 210 valence electrons. The Balaban J connectivity index is 1.62. The molecule has 1 heterocycles. The fourth-order valence-electron chi connectivity index (χ4n) is 4.74. The number of methoxy groups -OCH3 is 1. The van der Waals surface area contributed by atoms with Crippen molar-refractivity contribution in [3.8, 4) is 0 Å². The van der Waals surface area contributed by atoms with Crippen LogP contribution in [0, 0.1) is 0 Å². The molecular weight excluding hydrogens is 568 g/mol. The topological polar surface area (TPSA) is 75.7 Å². The van der Waals surface area contributed by atoms with Crippen LogP contribution < -0.4 is 5.32 Å². The molecule has 0 saturated carbocycles. The SMILES string of the molecule is COCc1ccc(C(=O)N[C@@H]2CN(C(=O)c3ccc(C(C)=O)cc3)C[C@H]2c2ccc(Cl)c(Cl)c2)cc1C(F)(F)F. The van der Waals surface area contributed by atoms with Crippen molar-refractivity contribution in [1.29, 1.82) is 0 Å². The van der Waals surface area contributed by atoms with E-state index in [2.05, 4.69) is 5.32 Å². The number of ketones is 1. The van der Waals surface area contributed by atoms with Crippen molar-refractivity contribution in [2.24, 2.45) is 0 Å². The van der Waals surface area contributed by atoms with Crippen LogP contribution in [0.25, 0.3) is 0 Å². The van der Waals surface area contributed by atoms with Crippen LogP contribution in [-0.2, 0) is 17.5 Å². The molecule has 0 radical (unpaired) electrons. The molecule has 0 spiro atoms. The second kappa shape index (κ2) is 12.0.